The fraction of sp³-hybridized carbons (Fsp3) is 0.900. The summed E-state index contributed by atoms with van der Waals surface area (Å²) < 4.78 is 4.93. The summed E-state index contributed by atoms with van der Waals surface area (Å²) in [6.45, 7) is 6.33. The normalized spacial score (nSPS) is 11.1. The summed E-state index contributed by atoms with van der Waals surface area (Å²) in [5, 5.41) is 11.2. The molecular weight excluding hydrogens is 182 g/mol. The van der Waals surface area contributed by atoms with E-state index in [9.17, 15) is 4.79 Å². The van der Waals surface area contributed by atoms with E-state index < -0.39 is 0 Å². The van der Waals surface area contributed by atoms with E-state index >= 15 is 0 Å². The Morgan fingerprint density at radius 3 is 2.43 bits per heavy atom. The number of unbranched alkanes of at least 4 members (excludes halogenated alkanes) is 2. The van der Waals surface area contributed by atoms with Crippen molar-refractivity contribution < 1.29 is 14.6 Å². The predicted octanol–water partition coefficient (Wildman–Crippen LogP) is 1.67. The van der Waals surface area contributed by atoms with Gasteiger partial charge in [0.15, 0.2) is 0 Å². The summed E-state index contributed by atoms with van der Waals surface area (Å²) in [5.41, 5.74) is -0.248. The maximum Gasteiger partial charge on any atom is 0.407 e. The number of carbonyl (C=O) groups is 1. The fourth-order valence-electron chi connectivity index (χ4n) is 0.898. The van der Waals surface area contributed by atoms with Gasteiger partial charge in [0.05, 0.1) is 6.61 Å². The second kappa shape index (κ2) is 6.65. The number of hydrogen-bond donors (Lipinski definition) is 2. The van der Waals surface area contributed by atoms with Gasteiger partial charge in [-0.25, -0.2) is 4.79 Å². The van der Waals surface area contributed by atoms with Crippen molar-refractivity contribution in [2.75, 3.05) is 13.2 Å². The van der Waals surface area contributed by atoms with Crippen molar-refractivity contribution in [2.45, 2.75) is 45.6 Å². The predicted molar refractivity (Wildman–Crippen MR) is 55.2 cm³/mol. The summed E-state index contributed by atoms with van der Waals surface area (Å²) in [7, 11) is 0. The number of carbonyl (C=O) groups excluding carboxylic acids is 1. The molecule has 0 aliphatic heterocycles. The minimum Gasteiger partial charge on any atom is -0.450 e. The Bertz CT molecular complexity index is 163. The Morgan fingerprint density at radius 2 is 1.93 bits per heavy atom. The van der Waals surface area contributed by atoms with Crippen molar-refractivity contribution in [2.24, 2.45) is 0 Å². The highest BCUT2D eigenvalue weighted by Gasteiger charge is 2.13. The number of hydrogen-bond acceptors (Lipinski definition) is 3. The largest absolute Gasteiger partial charge is 0.450 e. The molecule has 2 N–H and O–H groups in total. The van der Waals surface area contributed by atoms with Gasteiger partial charge in [0, 0.05) is 12.1 Å². The lowest BCUT2D eigenvalue weighted by Crippen LogP contribution is -2.41. The van der Waals surface area contributed by atoms with Gasteiger partial charge in [-0.2, -0.15) is 0 Å². The van der Waals surface area contributed by atoms with Gasteiger partial charge in [-0.05, 0) is 40.0 Å². The molecule has 0 radical (unpaired) electrons. The van der Waals surface area contributed by atoms with Crippen molar-refractivity contribution in [1.82, 2.24) is 5.32 Å². The highest BCUT2D eigenvalue weighted by atomic mass is 16.5. The molecule has 0 rings (SSSR count). The fourth-order valence-corrected chi connectivity index (χ4v) is 0.898. The summed E-state index contributed by atoms with van der Waals surface area (Å²) in [6, 6.07) is 0. The zero-order chi connectivity index (χ0) is 11.0. The standard InChI is InChI=1S/C10H21NO3/c1-10(2,3)11-9(13)14-8-6-4-5-7-12/h12H,4-8H2,1-3H3,(H,11,13). The van der Waals surface area contributed by atoms with Gasteiger partial charge in [0.25, 0.3) is 0 Å². The first-order chi connectivity index (χ1) is 6.45. The van der Waals surface area contributed by atoms with Crippen LogP contribution in [0.2, 0.25) is 0 Å². The Morgan fingerprint density at radius 1 is 1.29 bits per heavy atom. The third-order valence-corrected chi connectivity index (χ3v) is 1.51. The molecule has 0 atom stereocenters. The van der Waals surface area contributed by atoms with Crippen molar-refractivity contribution >= 4 is 6.09 Å². The first kappa shape index (κ1) is 13.2. The number of rotatable bonds is 5. The highest BCUT2D eigenvalue weighted by molar-refractivity contribution is 5.67. The van der Waals surface area contributed by atoms with E-state index in [1.807, 2.05) is 20.8 Å². The third-order valence-electron chi connectivity index (χ3n) is 1.51. The molecule has 0 aromatic carbocycles. The van der Waals surface area contributed by atoms with E-state index in [1.54, 1.807) is 0 Å². The molecular formula is C10H21NO3. The number of amides is 1. The molecule has 0 aromatic rings. The van der Waals surface area contributed by atoms with E-state index in [1.165, 1.54) is 0 Å². The van der Waals surface area contributed by atoms with E-state index in [4.69, 9.17) is 9.84 Å². The van der Waals surface area contributed by atoms with Crippen LogP contribution in [0.3, 0.4) is 0 Å². The van der Waals surface area contributed by atoms with E-state index in [-0.39, 0.29) is 18.2 Å². The zero-order valence-corrected chi connectivity index (χ0v) is 9.30. The number of nitrogens with one attached hydrogen (secondary N) is 1. The van der Waals surface area contributed by atoms with Crippen LogP contribution in [0.1, 0.15) is 40.0 Å². The summed E-state index contributed by atoms with van der Waals surface area (Å²) in [4.78, 5) is 11.1. The van der Waals surface area contributed by atoms with Gasteiger partial charge in [-0.1, -0.05) is 0 Å². The van der Waals surface area contributed by atoms with Crippen molar-refractivity contribution in [3.05, 3.63) is 0 Å². The van der Waals surface area contributed by atoms with Crippen LogP contribution in [-0.2, 0) is 4.74 Å². The molecule has 4 nitrogen and oxygen atoms in total. The lowest BCUT2D eigenvalue weighted by atomic mass is 10.1. The molecule has 4 heteroatoms. The van der Waals surface area contributed by atoms with Crippen LogP contribution >= 0.6 is 0 Å². The highest BCUT2D eigenvalue weighted by Crippen LogP contribution is 2.00. The first-order valence-electron chi connectivity index (χ1n) is 5.01. The van der Waals surface area contributed by atoms with E-state index in [0.717, 1.165) is 19.3 Å². The van der Waals surface area contributed by atoms with Gasteiger partial charge < -0.3 is 15.2 Å². The molecule has 84 valence electrons. The van der Waals surface area contributed by atoms with Crippen LogP contribution in [-0.4, -0.2) is 30.0 Å². The summed E-state index contributed by atoms with van der Waals surface area (Å²) in [5.74, 6) is 0. The average Bonchev–Trinajstić information content (AvgIpc) is 2.00. The number of aliphatic hydroxyl groups is 1. The van der Waals surface area contributed by atoms with Crippen molar-refractivity contribution in [3.8, 4) is 0 Å². The molecule has 0 spiro atoms. The van der Waals surface area contributed by atoms with Gasteiger partial charge in [0.1, 0.15) is 0 Å². The van der Waals surface area contributed by atoms with Crippen molar-refractivity contribution in [3.63, 3.8) is 0 Å². The maximum atomic E-state index is 11.1. The van der Waals surface area contributed by atoms with Crippen molar-refractivity contribution in [1.29, 1.82) is 0 Å². The number of aliphatic hydroxyl groups excluding tert-OH is 1. The minimum absolute atomic E-state index is 0.203. The molecule has 0 aliphatic carbocycles. The molecule has 0 bridgehead atoms. The Hall–Kier alpha value is -0.770. The van der Waals surface area contributed by atoms with E-state index in [2.05, 4.69) is 5.32 Å². The first-order valence-corrected chi connectivity index (χ1v) is 5.01. The number of ether oxygens (including phenoxy) is 1. The Labute approximate surface area is 85.6 Å². The van der Waals surface area contributed by atoms with Gasteiger partial charge in [0.2, 0.25) is 0 Å². The molecule has 1 amide bonds. The van der Waals surface area contributed by atoms with Gasteiger partial charge in [-0.3, -0.25) is 0 Å². The molecule has 0 saturated carbocycles. The zero-order valence-electron chi connectivity index (χ0n) is 9.30. The van der Waals surface area contributed by atoms with Crippen LogP contribution in [0.4, 0.5) is 4.79 Å². The average molecular weight is 203 g/mol. The van der Waals surface area contributed by atoms with Crippen LogP contribution in [0, 0.1) is 0 Å². The van der Waals surface area contributed by atoms with Gasteiger partial charge in [-0.15, -0.1) is 0 Å². The lowest BCUT2D eigenvalue weighted by Gasteiger charge is -2.19. The second-order valence-corrected chi connectivity index (χ2v) is 4.30. The minimum atomic E-state index is -0.374. The Kier molecular flexibility index (Phi) is 6.28. The molecule has 0 aromatic heterocycles. The Balaban J connectivity index is 3.36. The smallest absolute Gasteiger partial charge is 0.407 e. The molecule has 0 saturated heterocycles. The quantitative estimate of drug-likeness (QED) is 0.668. The third kappa shape index (κ3) is 9.32. The van der Waals surface area contributed by atoms with Crippen LogP contribution in [0.5, 0.6) is 0 Å². The molecule has 0 aliphatic rings. The second-order valence-electron chi connectivity index (χ2n) is 4.30. The molecule has 0 fully saturated rings. The summed E-state index contributed by atoms with van der Waals surface area (Å²) in [6.07, 6.45) is 2.09. The number of alkyl carbamates (subject to hydrolysis) is 1. The SMILES string of the molecule is CC(C)(C)NC(=O)OCCCCCO. The monoisotopic (exact) mass is 203 g/mol. The molecule has 0 unspecified atom stereocenters. The van der Waals surface area contributed by atoms with Crippen LogP contribution < -0.4 is 5.32 Å². The topological polar surface area (TPSA) is 58.6 Å². The summed E-state index contributed by atoms with van der Waals surface area (Å²) >= 11 is 0. The molecule has 0 heterocycles. The lowest BCUT2D eigenvalue weighted by molar-refractivity contribution is 0.135. The van der Waals surface area contributed by atoms with E-state index in [0.29, 0.717) is 6.61 Å². The maximum absolute atomic E-state index is 11.1. The van der Waals surface area contributed by atoms with Crippen LogP contribution in [0.15, 0.2) is 0 Å². The van der Waals surface area contributed by atoms with Gasteiger partial charge >= 0.3 is 6.09 Å². The molecule has 14 heavy (non-hydrogen) atoms. The van der Waals surface area contributed by atoms with Crippen LogP contribution in [0.25, 0.3) is 0 Å².